The van der Waals surface area contributed by atoms with Gasteiger partial charge in [-0.15, -0.1) is 0 Å². The maximum Gasteiger partial charge on any atom is 0.0782 e. The molecule has 0 fully saturated rings. The minimum atomic E-state index is 1.12. The molecule has 0 aliphatic rings. The topological polar surface area (TPSA) is 8.17 Å². The van der Waals surface area contributed by atoms with Gasteiger partial charge in [0.25, 0.3) is 0 Å². The van der Waals surface area contributed by atoms with Gasteiger partial charge in [0, 0.05) is 27.4 Å². The lowest BCUT2D eigenvalue weighted by Crippen LogP contribution is -2.13. The van der Waals surface area contributed by atoms with Gasteiger partial charge in [0.2, 0.25) is 0 Å². The highest BCUT2D eigenvalue weighted by molar-refractivity contribution is 6.24. The zero-order valence-corrected chi connectivity index (χ0v) is 27.4. The molecule has 1 aromatic heterocycles. The molecule has 2 nitrogen and oxygen atoms in total. The van der Waals surface area contributed by atoms with Crippen LogP contribution in [0.4, 0.5) is 17.1 Å². The Bertz CT molecular complexity index is 2870. The fourth-order valence-electron chi connectivity index (χ4n) is 7.99. The summed E-state index contributed by atoms with van der Waals surface area (Å²) in [6.07, 6.45) is 0. The van der Waals surface area contributed by atoms with Gasteiger partial charge in [-0.25, -0.2) is 0 Å². The Hall–Kier alpha value is -6.64. The maximum atomic E-state index is 2.51. The highest BCUT2D eigenvalue weighted by Crippen LogP contribution is 2.49. The van der Waals surface area contributed by atoms with Gasteiger partial charge in [-0.3, -0.25) is 0 Å². The number of hydrogen-bond donors (Lipinski definition) is 0. The largest absolute Gasteiger partial charge is 0.307 e. The molecule has 0 atom stereocenters. The summed E-state index contributed by atoms with van der Waals surface area (Å²) in [4.78, 5) is 2.51. The SMILES string of the molecule is c1ccc(-c2ccccc2N(c2cc3ccc4ccccc4c3c3ccccc23)c2cccc3c4ccccc4n(-c4ccccc4)c23)cc1. The first-order chi connectivity index (χ1) is 24.8. The average Bonchev–Trinajstić information content (AvgIpc) is 3.54. The monoisotopic (exact) mass is 636 g/mol. The highest BCUT2D eigenvalue weighted by Gasteiger charge is 2.25. The van der Waals surface area contributed by atoms with E-state index >= 15 is 0 Å². The van der Waals surface area contributed by atoms with Gasteiger partial charge in [0.15, 0.2) is 0 Å². The van der Waals surface area contributed by atoms with Crippen LogP contribution in [0.3, 0.4) is 0 Å². The van der Waals surface area contributed by atoms with Crippen LogP contribution in [0.1, 0.15) is 0 Å². The van der Waals surface area contributed by atoms with Crippen molar-refractivity contribution in [3.8, 4) is 16.8 Å². The molecule has 0 amide bonds. The maximum absolute atomic E-state index is 2.51. The molecule has 2 heteroatoms. The number of anilines is 3. The molecular formula is C48H32N2. The van der Waals surface area contributed by atoms with E-state index in [4.69, 9.17) is 0 Å². The second kappa shape index (κ2) is 11.5. The number of benzene rings is 9. The molecule has 0 N–H and O–H groups in total. The normalized spacial score (nSPS) is 11.6. The predicted octanol–water partition coefficient (Wildman–Crippen LogP) is 13.4. The van der Waals surface area contributed by atoms with Crippen molar-refractivity contribution in [2.24, 2.45) is 0 Å². The van der Waals surface area contributed by atoms with E-state index in [-0.39, 0.29) is 0 Å². The van der Waals surface area contributed by atoms with Crippen molar-refractivity contribution in [3.63, 3.8) is 0 Å². The summed E-state index contributed by atoms with van der Waals surface area (Å²) in [6.45, 7) is 0. The second-order valence-corrected chi connectivity index (χ2v) is 12.9. The van der Waals surface area contributed by atoms with E-state index in [1.165, 1.54) is 65.3 Å². The quantitative estimate of drug-likeness (QED) is 0.171. The van der Waals surface area contributed by atoms with Crippen molar-refractivity contribution in [3.05, 3.63) is 194 Å². The van der Waals surface area contributed by atoms with Crippen molar-refractivity contribution >= 4 is 71.2 Å². The van der Waals surface area contributed by atoms with E-state index in [2.05, 4.69) is 204 Å². The average molecular weight is 637 g/mol. The molecule has 0 saturated heterocycles. The Labute approximate surface area is 290 Å². The summed E-state index contributed by atoms with van der Waals surface area (Å²) in [7, 11) is 0. The molecule has 0 radical (unpaired) electrons. The molecule has 0 unspecified atom stereocenters. The summed E-state index contributed by atoms with van der Waals surface area (Å²) < 4.78 is 2.44. The lowest BCUT2D eigenvalue weighted by molar-refractivity contribution is 1.17. The van der Waals surface area contributed by atoms with E-state index < -0.39 is 0 Å². The Balaban J connectivity index is 1.39. The summed E-state index contributed by atoms with van der Waals surface area (Å²) in [5.41, 5.74) is 9.24. The molecule has 9 aromatic carbocycles. The molecule has 0 bridgehead atoms. The lowest BCUT2D eigenvalue weighted by Gasteiger charge is -2.30. The third kappa shape index (κ3) is 4.36. The van der Waals surface area contributed by atoms with Gasteiger partial charge in [0.1, 0.15) is 0 Å². The summed E-state index contributed by atoms with van der Waals surface area (Å²) in [6, 6.07) is 70.5. The predicted molar refractivity (Wildman–Crippen MR) is 213 cm³/mol. The van der Waals surface area contributed by atoms with Gasteiger partial charge in [-0.1, -0.05) is 158 Å². The van der Waals surface area contributed by atoms with Crippen LogP contribution in [0.15, 0.2) is 194 Å². The fourth-order valence-corrected chi connectivity index (χ4v) is 7.99. The minimum Gasteiger partial charge on any atom is -0.307 e. The van der Waals surface area contributed by atoms with Gasteiger partial charge >= 0.3 is 0 Å². The minimum absolute atomic E-state index is 1.12. The van der Waals surface area contributed by atoms with Crippen LogP contribution in [0, 0.1) is 0 Å². The number of aromatic nitrogens is 1. The molecular weight excluding hydrogens is 605 g/mol. The van der Waals surface area contributed by atoms with Crippen LogP contribution >= 0.6 is 0 Å². The zero-order chi connectivity index (χ0) is 33.0. The van der Waals surface area contributed by atoms with Crippen LogP contribution in [0.2, 0.25) is 0 Å². The van der Waals surface area contributed by atoms with Crippen LogP contribution in [-0.4, -0.2) is 4.57 Å². The first-order valence-electron chi connectivity index (χ1n) is 17.2. The van der Waals surface area contributed by atoms with Crippen molar-refractivity contribution in [1.29, 1.82) is 0 Å². The van der Waals surface area contributed by atoms with Crippen LogP contribution in [0.25, 0.3) is 70.9 Å². The molecule has 50 heavy (non-hydrogen) atoms. The standard InChI is InChI=1S/C48H32N2/c1-3-16-33(17-4-1)37-21-11-13-27-43(37)50(46-32-35-31-30-34-18-7-8-22-38(34)47(35)41-25-10-9-23-39(41)46)45-29-15-26-42-40-24-12-14-28-44(40)49(48(42)45)36-19-5-2-6-20-36/h1-32H. The summed E-state index contributed by atoms with van der Waals surface area (Å²) >= 11 is 0. The first kappa shape index (κ1) is 28.4. The molecule has 0 spiro atoms. The third-order valence-electron chi connectivity index (χ3n) is 10.1. The van der Waals surface area contributed by atoms with Crippen molar-refractivity contribution in [2.75, 3.05) is 4.90 Å². The van der Waals surface area contributed by atoms with E-state index in [0.29, 0.717) is 0 Å². The molecule has 0 aliphatic heterocycles. The fraction of sp³-hybridized carbons (Fsp3) is 0. The van der Waals surface area contributed by atoms with Crippen molar-refractivity contribution in [1.82, 2.24) is 4.57 Å². The zero-order valence-electron chi connectivity index (χ0n) is 27.4. The molecule has 0 saturated carbocycles. The van der Waals surface area contributed by atoms with Crippen LogP contribution in [0.5, 0.6) is 0 Å². The number of rotatable bonds is 5. The number of nitrogens with zero attached hydrogens (tertiary/aromatic N) is 2. The lowest BCUT2D eigenvalue weighted by atomic mass is 9.94. The van der Waals surface area contributed by atoms with Gasteiger partial charge in [0.05, 0.1) is 28.1 Å². The van der Waals surface area contributed by atoms with Crippen molar-refractivity contribution in [2.45, 2.75) is 0 Å². The number of para-hydroxylation sites is 4. The van der Waals surface area contributed by atoms with E-state index in [1.807, 2.05) is 0 Å². The van der Waals surface area contributed by atoms with E-state index in [9.17, 15) is 0 Å². The Morgan fingerprint density at radius 3 is 1.80 bits per heavy atom. The van der Waals surface area contributed by atoms with E-state index in [0.717, 1.165) is 22.7 Å². The van der Waals surface area contributed by atoms with Crippen LogP contribution < -0.4 is 4.90 Å². The van der Waals surface area contributed by atoms with Crippen molar-refractivity contribution < 1.29 is 0 Å². The van der Waals surface area contributed by atoms with Gasteiger partial charge < -0.3 is 9.47 Å². The highest BCUT2D eigenvalue weighted by atomic mass is 15.2. The smallest absolute Gasteiger partial charge is 0.0782 e. The summed E-state index contributed by atoms with van der Waals surface area (Å²) in [5, 5.41) is 9.94. The third-order valence-corrected chi connectivity index (χ3v) is 10.1. The number of fused-ring (bicyclic) bond motifs is 8. The molecule has 10 rings (SSSR count). The Morgan fingerprint density at radius 1 is 0.360 bits per heavy atom. The summed E-state index contributed by atoms with van der Waals surface area (Å²) in [5.74, 6) is 0. The first-order valence-corrected chi connectivity index (χ1v) is 17.2. The number of hydrogen-bond acceptors (Lipinski definition) is 1. The second-order valence-electron chi connectivity index (χ2n) is 12.9. The van der Waals surface area contributed by atoms with Crippen LogP contribution in [-0.2, 0) is 0 Å². The van der Waals surface area contributed by atoms with Gasteiger partial charge in [-0.05, 0) is 68.9 Å². The molecule has 0 aliphatic carbocycles. The van der Waals surface area contributed by atoms with Gasteiger partial charge in [-0.2, -0.15) is 0 Å². The molecule has 1 heterocycles. The van der Waals surface area contributed by atoms with E-state index in [1.54, 1.807) is 0 Å². The molecule has 10 aromatic rings. The Morgan fingerprint density at radius 2 is 0.960 bits per heavy atom. The Kier molecular flexibility index (Phi) is 6.53. The molecule has 234 valence electrons.